The first kappa shape index (κ1) is 15.7. The summed E-state index contributed by atoms with van der Waals surface area (Å²) in [7, 11) is 0. The van der Waals surface area contributed by atoms with Gasteiger partial charge in [-0.25, -0.2) is 0 Å². The molecule has 0 atom stereocenters. The average molecular weight is 175 g/mol. The maximum absolute atomic E-state index is 5.74. The van der Waals surface area contributed by atoms with Gasteiger partial charge in [0.05, 0.1) is 0 Å². The van der Waals surface area contributed by atoms with E-state index in [9.17, 15) is 0 Å². The molecular weight excluding hydrogens is 169 g/mol. The SMILES string of the molecule is N=[C-]N.N=[C-]N.[Y]. The first-order valence-electron chi connectivity index (χ1n) is 1.08. The first-order valence-corrected chi connectivity index (χ1v) is 1.08. The van der Waals surface area contributed by atoms with Crippen LogP contribution in [0.2, 0.25) is 0 Å². The van der Waals surface area contributed by atoms with Crippen molar-refractivity contribution in [2.24, 2.45) is 11.5 Å². The van der Waals surface area contributed by atoms with E-state index in [0.29, 0.717) is 0 Å². The smallest absolute Gasteiger partial charge is 0 e. The molecule has 6 N–H and O–H groups in total. The van der Waals surface area contributed by atoms with Crippen LogP contribution in [0, 0.1) is 10.8 Å². The number of hydrogen-bond acceptors (Lipinski definition) is 2. The molecule has 7 heavy (non-hydrogen) atoms. The molecule has 0 aliphatic heterocycles. The van der Waals surface area contributed by atoms with Crippen molar-refractivity contribution < 1.29 is 32.7 Å². The molecule has 0 bridgehead atoms. The zero-order valence-corrected chi connectivity index (χ0v) is 6.57. The van der Waals surface area contributed by atoms with Crippen LogP contribution >= 0.6 is 0 Å². The molecule has 0 amide bonds. The van der Waals surface area contributed by atoms with E-state index in [1.165, 1.54) is 12.7 Å². The van der Waals surface area contributed by atoms with E-state index in [0.717, 1.165) is 0 Å². The molecule has 0 spiro atoms. The Hall–Kier alpha value is 0.0439. The molecule has 0 aliphatic carbocycles. The number of nitrogens with two attached hydrogens (primary N) is 2. The third kappa shape index (κ3) is 51300. The average Bonchev–Trinajstić information content (AvgIpc) is 1.39. The quantitative estimate of drug-likeness (QED) is 0.162. The Bertz CT molecular complexity index is 30.7. The molecule has 0 saturated carbocycles. The predicted octanol–water partition coefficient (Wildman–Crippen LogP) is -1.14. The van der Waals surface area contributed by atoms with Crippen molar-refractivity contribution in [1.82, 2.24) is 0 Å². The van der Waals surface area contributed by atoms with Gasteiger partial charge in [-0.15, -0.1) is 0 Å². The minimum Gasteiger partial charge on any atom is -0.563 e. The Balaban J connectivity index is -0.0000000400. The molecule has 0 saturated heterocycles. The van der Waals surface area contributed by atoms with Gasteiger partial charge in [0.15, 0.2) is 0 Å². The molecule has 0 unspecified atom stereocenters. The zero-order chi connectivity index (χ0) is 5.41. The van der Waals surface area contributed by atoms with Gasteiger partial charge in [0, 0.05) is 32.7 Å². The minimum absolute atomic E-state index is 0. The molecule has 0 heterocycles. The largest absolute Gasteiger partial charge is 0.563 e. The second kappa shape index (κ2) is 36.8. The summed E-state index contributed by atoms with van der Waals surface area (Å²) >= 11 is 0. The Morgan fingerprint density at radius 3 is 1.00 bits per heavy atom. The van der Waals surface area contributed by atoms with Crippen LogP contribution in [0.4, 0.5) is 0 Å². The Morgan fingerprint density at radius 1 is 1.00 bits per heavy atom. The maximum Gasteiger partial charge on any atom is 0 e. The topological polar surface area (TPSA) is 99.7 Å². The first-order chi connectivity index (χ1) is 2.83. The van der Waals surface area contributed by atoms with Crippen molar-refractivity contribution in [3.8, 4) is 0 Å². The third-order valence-corrected chi connectivity index (χ3v) is 0. The molecule has 4 nitrogen and oxygen atoms in total. The monoisotopic (exact) mass is 175 g/mol. The van der Waals surface area contributed by atoms with E-state index < -0.39 is 0 Å². The maximum atomic E-state index is 5.74. The molecular formula is C2H6N4Y-2. The van der Waals surface area contributed by atoms with Crippen LogP contribution in [-0.2, 0) is 32.7 Å². The van der Waals surface area contributed by atoms with Crippen molar-refractivity contribution in [2.75, 3.05) is 0 Å². The molecule has 39 valence electrons. The van der Waals surface area contributed by atoms with Crippen molar-refractivity contribution >= 4 is 12.7 Å². The fourth-order valence-electron chi connectivity index (χ4n) is 0. The van der Waals surface area contributed by atoms with Crippen molar-refractivity contribution in [1.29, 1.82) is 10.8 Å². The summed E-state index contributed by atoms with van der Waals surface area (Å²) in [6, 6.07) is 0. The molecule has 0 aromatic carbocycles. The fourth-order valence-corrected chi connectivity index (χ4v) is 0. The Kier molecular flexibility index (Phi) is 82.7. The molecule has 5 heteroatoms. The van der Waals surface area contributed by atoms with Gasteiger partial charge in [-0.1, -0.05) is 0 Å². The minimum atomic E-state index is 0. The standard InChI is InChI=1S/2CH3N2.Y/c2*2-1-3;/h2*(H3,2,3);/q2*-1;. The summed E-state index contributed by atoms with van der Waals surface area (Å²) in [5, 5.41) is 11.5. The van der Waals surface area contributed by atoms with E-state index in [-0.39, 0.29) is 32.7 Å². The van der Waals surface area contributed by atoms with Gasteiger partial charge in [0.25, 0.3) is 0 Å². The van der Waals surface area contributed by atoms with Gasteiger partial charge in [0.2, 0.25) is 0 Å². The Labute approximate surface area is 67.5 Å². The number of nitrogens with one attached hydrogen (secondary N) is 2. The zero-order valence-electron chi connectivity index (χ0n) is 3.73. The summed E-state index contributed by atoms with van der Waals surface area (Å²) < 4.78 is 0. The van der Waals surface area contributed by atoms with Crippen LogP contribution in [-0.4, -0.2) is 12.7 Å². The van der Waals surface area contributed by atoms with Crippen molar-refractivity contribution in [3.05, 3.63) is 0 Å². The van der Waals surface area contributed by atoms with Gasteiger partial charge in [0.1, 0.15) is 0 Å². The molecule has 0 aromatic heterocycles. The summed E-state index contributed by atoms with van der Waals surface area (Å²) in [6.07, 6.45) is 3.00. The third-order valence-electron chi connectivity index (χ3n) is 0. The Morgan fingerprint density at radius 2 is 1.00 bits per heavy atom. The van der Waals surface area contributed by atoms with E-state index >= 15 is 0 Å². The summed E-state index contributed by atoms with van der Waals surface area (Å²) in [6.45, 7) is 0. The molecule has 0 rings (SSSR count). The van der Waals surface area contributed by atoms with Crippen molar-refractivity contribution in [3.63, 3.8) is 0 Å². The van der Waals surface area contributed by atoms with Gasteiger partial charge in [-0.3, -0.25) is 0 Å². The molecule has 0 aromatic rings. The van der Waals surface area contributed by atoms with Gasteiger partial charge < -0.3 is 35.0 Å². The number of rotatable bonds is 0. The van der Waals surface area contributed by atoms with Crippen LogP contribution < -0.4 is 11.5 Å². The summed E-state index contributed by atoms with van der Waals surface area (Å²) in [4.78, 5) is 0. The second-order valence-corrected chi connectivity index (χ2v) is 0.289. The van der Waals surface area contributed by atoms with Gasteiger partial charge >= 0.3 is 0 Å². The van der Waals surface area contributed by atoms with Crippen molar-refractivity contribution in [2.45, 2.75) is 0 Å². The van der Waals surface area contributed by atoms with E-state index in [4.69, 9.17) is 10.8 Å². The van der Waals surface area contributed by atoms with E-state index in [1.54, 1.807) is 0 Å². The fraction of sp³-hybridized carbons (Fsp3) is 0. The van der Waals surface area contributed by atoms with E-state index in [2.05, 4.69) is 11.5 Å². The summed E-state index contributed by atoms with van der Waals surface area (Å²) in [5.74, 6) is 0. The van der Waals surface area contributed by atoms with Crippen LogP contribution in [0.25, 0.3) is 0 Å². The van der Waals surface area contributed by atoms with Crippen LogP contribution in [0.1, 0.15) is 0 Å². The second-order valence-electron chi connectivity index (χ2n) is 0.289. The molecule has 0 aliphatic rings. The molecule has 0 fully saturated rings. The summed E-state index contributed by atoms with van der Waals surface area (Å²) in [5.41, 5.74) is 8.53. The van der Waals surface area contributed by atoms with Gasteiger partial charge in [-0.2, -0.15) is 0 Å². The van der Waals surface area contributed by atoms with Gasteiger partial charge in [-0.05, 0) is 0 Å². The normalized spacial score (nSPS) is 3.43. The van der Waals surface area contributed by atoms with Crippen LogP contribution in [0.15, 0.2) is 0 Å². The van der Waals surface area contributed by atoms with E-state index in [1.807, 2.05) is 0 Å². The predicted molar refractivity (Wildman–Crippen MR) is 23.8 cm³/mol. The molecule has 1 radical (unpaired) electrons. The van der Waals surface area contributed by atoms with Crippen LogP contribution in [0.5, 0.6) is 0 Å². The number of hydrogen-bond donors (Lipinski definition) is 4. The van der Waals surface area contributed by atoms with Crippen LogP contribution in [0.3, 0.4) is 0 Å².